The lowest BCUT2D eigenvalue weighted by Gasteiger charge is -2.09. The number of hydrogen-bond donors (Lipinski definition) is 3. The zero-order valence-corrected chi connectivity index (χ0v) is 26.2. The smallest absolute Gasteiger partial charge is 0.294 e. The van der Waals surface area contributed by atoms with Crippen molar-refractivity contribution in [3.63, 3.8) is 0 Å². The summed E-state index contributed by atoms with van der Waals surface area (Å²) in [6, 6.07) is 27.8. The normalized spacial score (nSPS) is 12.5. The molecule has 15 heteroatoms. The average Bonchev–Trinajstić information content (AvgIpc) is 3.04. The summed E-state index contributed by atoms with van der Waals surface area (Å²) in [6.07, 6.45) is 0. The van der Waals surface area contributed by atoms with E-state index in [-0.39, 0.29) is 35.5 Å². The molecule has 0 atom stereocenters. The van der Waals surface area contributed by atoms with Crippen LogP contribution in [0, 0.1) is 0 Å². The van der Waals surface area contributed by atoms with Crippen LogP contribution in [0.15, 0.2) is 149 Å². The maximum absolute atomic E-state index is 11.5. The fraction of sp³-hybridized carbons (Fsp3) is 0. The molecule has 0 aromatic heterocycles. The van der Waals surface area contributed by atoms with Gasteiger partial charge in [-0.1, -0.05) is 36.0 Å². The average molecular weight is 690 g/mol. The molecule has 6 rings (SSSR count). The summed E-state index contributed by atoms with van der Waals surface area (Å²) >= 11 is 1.48. The summed E-state index contributed by atoms with van der Waals surface area (Å²) in [6.45, 7) is 0. The number of rotatable bonds is 8. The fourth-order valence-electron chi connectivity index (χ4n) is 4.60. The van der Waals surface area contributed by atoms with E-state index in [9.17, 15) is 36.2 Å². The van der Waals surface area contributed by atoms with E-state index in [0.717, 1.165) is 15.9 Å². The van der Waals surface area contributed by atoms with Crippen LogP contribution in [0.3, 0.4) is 0 Å². The van der Waals surface area contributed by atoms with Crippen molar-refractivity contribution in [2.24, 2.45) is 20.5 Å². The Labute approximate surface area is 275 Å². The van der Waals surface area contributed by atoms with Gasteiger partial charge in [-0.15, -0.1) is 10.2 Å². The summed E-state index contributed by atoms with van der Waals surface area (Å²) in [7, 11) is -9.02. The van der Waals surface area contributed by atoms with Crippen LogP contribution < -0.4 is 0 Å². The second kappa shape index (κ2) is 12.5. The molecule has 12 nitrogen and oxygen atoms in total. The van der Waals surface area contributed by atoms with Crippen LogP contribution in [0.1, 0.15) is 2.85 Å². The number of nitrogens with zero attached hydrogens (tertiary/aromatic N) is 4. The van der Waals surface area contributed by atoms with Crippen LogP contribution in [0.4, 0.5) is 22.7 Å². The Morgan fingerprint density at radius 2 is 0.979 bits per heavy atom. The number of phenols is 2. The van der Waals surface area contributed by atoms with Crippen molar-refractivity contribution in [1.82, 2.24) is 0 Å². The zero-order valence-electron chi connectivity index (χ0n) is 23.8. The number of benzene rings is 6. The first kappa shape index (κ1) is 31.8. The largest absolute Gasteiger partial charge is 0.744 e. The van der Waals surface area contributed by atoms with Crippen molar-refractivity contribution in [1.29, 1.82) is 0 Å². The second-order valence-corrected chi connectivity index (χ2v) is 14.0. The fourth-order valence-corrected chi connectivity index (χ4v) is 6.44. The van der Waals surface area contributed by atoms with Crippen molar-refractivity contribution in [3.05, 3.63) is 109 Å². The van der Waals surface area contributed by atoms with Crippen LogP contribution in [-0.4, -0.2) is 36.2 Å². The molecule has 240 valence electrons. The SMILES string of the molecule is O=S(=O)([O-])c1ccc2c(N=Nc3ccc(Sc4ccc(N=Nc5c(O)ccc6cc(S(=O)(=O)O)ccc56)cc4)cc3)c(O)ccc2c1.[HH].[HH]. The van der Waals surface area contributed by atoms with Crippen LogP contribution >= 0.6 is 11.8 Å². The third-order valence-electron chi connectivity index (χ3n) is 6.91. The number of hydrogen-bond acceptors (Lipinski definition) is 12. The lowest BCUT2D eigenvalue weighted by Crippen LogP contribution is -1.97. The minimum Gasteiger partial charge on any atom is -0.744 e. The van der Waals surface area contributed by atoms with Crippen molar-refractivity contribution in [2.75, 3.05) is 0 Å². The molecule has 0 saturated carbocycles. The Bertz CT molecular complexity index is 2290. The third kappa shape index (κ3) is 7.14. The molecule has 0 radical (unpaired) electrons. The van der Waals surface area contributed by atoms with Crippen LogP contribution in [0.25, 0.3) is 21.5 Å². The predicted octanol–water partition coefficient (Wildman–Crippen LogP) is 9.03. The Balaban J connectivity index is 0.00000270. The molecule has 6 aromatic rings. The van der Waals surface area contributed by atoms with Gasteiger partial charge in [-0.3, -0.25) is 4.55 Å². The van der Waals surface area contributed by atoms with Gasteiger partial charge >= 0.3 is 0 Å². The maximum atomic E-state index is 11.5. The van der Waals surface area contributed by atoms with E-state index in [1.54, 1.807) is 24.3 Å². The summed E-state index contributed by atoms with van der Waals surface area (Å²) in [5.74, 6) is -0.297. The van der Waals surface area contributed by atoms with Gasteiger partial charge in [0.1, 0.15) is 33.0 Å². The second-order valence-electron chi connectivity index (χ2n) is 10.1. The Kier molecular flexibility index (Phi) is 8.48. The van der Waals surface area contributed by atoms with Gasteiger partial charge in [-0.05, 0) is 95.7 Å². The lowest BCUT2D eigenvalue weighted by molar-refractivity contribution is 0.463. The minimum atomic E-state index is -4.63. The maximum Gasteiger partial charge on any atom is 0.294 e. The van der Waals surface area contributed by atoms with E-state index in [4.69, 9.17) is 0 Å². The Morgan fingerprint density at radius 1 is 0.553 bits per heavy atom. The third-order valence-corrected chi connectivity index (χ3v) is 9.61. The van der Waals surface area contributed by atoms with Gasteiger partial charge in [-0.25, -0.2) is 8.42 Å². The van der Waals surface area contributed by atoms with Crippen LogP contribution in [-0.2, 0) is 20.2 Å². The quantitative estimate of drug-likeness (QED) is 0.103. The summed E-state index contributed by atoms with van der Waals surface area (Å²) in [5, 5.41) is 39.2. The molecular weight excluding hydrogens is 665 g/mol. The predicted molar refractivity (Wildman–Crippen MR) is 179 cm³/mol. The molecular formula is C32H25N4O8S3-. The van der Waals surface area contributed by atoms with Crippen molar-refractivity contribution >= 4 is 76.3 Å². The molecule has 0 unspecified atom stereocenters. The molecule has 6 aromatic carbocycles. The van der Waals surface area contributed by atoms with E-state index in [0.29, 0.717) is 32.9 Å². The monoisotopic (exact) mass is 689 g/mol. The zero-order chi connectivity index (χ0) is 33.3. The van der Waals surface area contributed by atoms with Crippen molar-refractivity contribution in [2.45, 2.75) is 19.6 Å². The first-order valence-electron chi connectivity index (χ1n) is 13.5. The van der Waals surface area contributed by atoms with Crippen molar-refractivity contribution < 1.29 is 39.0 Å². The topological polar surface area (TPSA) is 201 Å². The molecule has 47 heavy (non-hydrogen) atoms. The standard InChI is InChI=1S/C32H22N4O8S3.2H2/c37-29-15-1-19-17-25(46(39,40)41)11-13-27(19)31(29)35-33-21-3-7-23(8-4-21)45-24-9-5-22(6-10-24)34-36-32-28-14-12-26(47(42,43)44)18-20(28)2-16-30(32)38;;/h1-18,37-38H,(H,39,40,41)(H,42,43,44);2*1H/p-1. The molecule has 0 fully saturated rings. The first-order chi connectivity index (χ1) is 22.3. The molecule has 3 N–H and O–H groups in total. The Morgan fingerprint density at radius 3 is 1.40 bits per heavy atom. The van der Waals surface area contributed by atoms with Gasteiger partial charge in [0.05, 0.1) is 21.2 Å². The number of azo groups is 2. The Hall–Kier alpha value is -5.19. The highest BCUT2D eigenvalue weighted by Gasteiger charge is 2.14. The number of phenolic OH excluding ortho intramolecular Hbond substituents is 2. The van der Waals surface area contributed by atoms with Crippen molar-refractivity contribution in [3.8, 4) is 11.5 Å². The molecule has 0 bridgehead atoms. The van der Waals surface area contributed by atoms with Crippen LogP contribution in [0.5, 0.6) is 11.5 Å². The highest BCUT2D eigenvalue weighted by atomic mass is 32.2. The van der Waals surface area contributed by atoms with Gasteiger partial charge in [0, 0.05) is 23.4 Å². The van der Waals surface area contributed by atoms with Gasteiger partial charge in [-0.2, -0.15) is 18.6 Å². The minimum absolute atomic E-state index is 0. The van der Waals surface area contributed by atoms with Gasteiger partial charge in [0.25, 0.3) is 10.1 Å². The number of aromatic hydroxyl groups is 2. The summed E-state index contributed by atoms with van der Waals surface area (Å²) in [5.41, 5.74) is 1.30. The first-order valence-corrected chi connectivity index (χ1v) is 17.2. The molecule has 0 saturated heterocycles. The molecule has 0 aliphatic carbocycles. The summed E-state index contributed by atoms with van der Waals surface area (Å²) in [4.78, 5) is 1.16. The molecule has 0 spiro atoms. The van der Waals surface area contributed by atoms with E-state index in [1.165, 1.54) is 66.4 Å². The molecule has 0 heterocycles. The van der Waals surface area contributed by atoms with Gasteiger partial charge < -0.3 is 14.8 Å². The van der Waals surface area contributed by atoms with Crippen LogP contribution in [0.2, 0.25) is 0 Å². The van der Waals surface area contributed by atoms with E-state index in [1.807, 2.05) is 24.3 Å². The summed E-state index contributed by atoms with van der Waals surface area (Å²) < 4.78 is 66.4. The van der Waals surface area contributed by atoms with E-state index in [2.05, 4.69) is 20.5 Å². The van der Waals surface area contributed by atoms with Gasteiger partial charge in [0.15, 0.2) is 0 Å². The number of fused-ring (bicyclic) bond motifs is 2. The van der Waals surface area contributed by atoms with E-state index >= 15 is 0 Å². The highest BCUT2D eigenvalue weighted by Crippen LogP contribution is 2.39. The molecule has 0 aliphatic rings. The molecule has 0 aliphatic heterocycles. The van der Waals surface area contributed by atoms with E-state index < -0.39 is 20.2 Å². The molecule has 0 amide bonds. The lowest BCUT2D eigenvalue weighted by atomic mass is 10.1. The van der Waals surface area contributed by atoms with Gasteiger partial charge in [0.2, 0.25) is 0 Å². The highest BCUT2D eigenvalue weighted by molar-refractivity contribution is 7.99.